The molecule has 2 rings (SSSR count). The Morgan fingerprint density at radius 2 is 2.08 bits per heavy atom. The maximum absolute atomic E-state index is 12.2. The Morgan fingerprint density at radius 1 is 1.33 bits per heavy atom. The molecule has 0 unspecified atom stereocenters. The van der Waals surface area contributed by atoms with Crippen molar-refractivity contribution >= 4 is 22.0 Å². The van der Waals surface area contributed by atoms with Gasteiger partial charge in [-0.25, -0.2) is 4.79 Å². The number of piperazine rings is 1. The molecule has 1 amide bonds. The summed E-state index contributed by atoms with van der Waals surface area (Å²) in [6, 6.07) is 7.99. The van der Waals surface area contributed by atoms with Crippen LogP contribution < -0.4 is 4.74 Å². The predicted molar refractivity (Wildman–Crippen MR) is 98.5 cm³/mol. The van der Waals surface area contributed by atoms with E-state index >= 15 is 0 Å². The van der Waals surface area contributed by atoms with E-state index in [1.165, 1.54) is 0 Å². The molecule has 1 saturated heterocycles. The first-order valence-corrected chi connectivity index (χ1v) is 9.14. The average molecular weight is 399 g/mol. The van der Waals surface area contributed by atoms with Gasteiger partial charge >= 0.3 is 6.09 Å². The summed E-state index contributed by atoms with van der Waals surface area (Å²) < 4.78 is 12.3. The lowest BCUT2D eigenvalue weighted by atomic mass is 10.2. The van der Waals surface area contributed by atoms with Crippen molar-refractivity contribution < 1.29 is 14.3 Å². The molecular weight excluding hydrogens is 372 g/mol. The SMILES string of the molecule is C[C@@H]1CN(CCOc2cccc(Br)c2)CCN1C(=O)OC(C)(C)C. The monoisotopic (exact) mass is 398 g/mol. The highest BCUT2D eigenvalue weighted by Crippen LogP contribution is 2.18. The van der Waals surface area contributed by atoms with E-state index in [-0.39, 0.29) is 12.1 Å². The standard InChI is InChI=1S/C18H27BrN2O3/c1-14-13-20(8-9-21(14)17(22)24-18(2,3)4)10-11-23-16-7-5-6-15(19)12-16/h5-7,12,14H,8-11,13H2,1-4H3/t14-/m1/s1. The van der Waals surface area contributed by atoms with Gasteiger partial charge in [-0.15, -0.1) is 0 Å². The lowest BCUT2D eigenvalue weighted by Gasteiger charge is -2.40. The van der Waals surface area contributed by atoms with Crippen LogP contribution in [0.25, 0.3) is 0 Å². The van der Waals surface area contributed by atoms with E-state index in [4.69, 9.17) is 9.47 Å². The van der Waals surface area contributed by atoms with Crippen LogP contribution in [-0.2, 0) is 4.74 Å². The Balaban J connectivity index is 1.75. The van der Waals surface area contributed by atoms with Gasteiger partial charge in [0.1, 0.15) is 18.0 Å². The second kappa shape index (κ2) is 8.21. The van der Waals surface area contributed by atoms with Crippen molar-refractivity contribution in [3.63, 3.8) is 0 Å². The normalized spacial score (nSPS) is 19.2. The van der Waals surface area contributed by atoms with E-state index in [2.05, 4.69) is 27.8 Å². The number of carbonyl (C=O) groups is 1. The molecule has 0 spiro atoms. The number of halogens is 1. The van der Waals surface area contributed by atoms with Crippen LogP contribution in [0.4, 0.5) is 4.79 Å². The number of amides is 1. The van der Waals surface area contributed by atoms with Gasteiger partial charge in [0.05, 0.1) is 0 Å². The summed E-state index contributed by atoms with van der Waals surface area (Å²) in [6.07, 6.45) is -0.222. The number of rotatable bonds is 4. The largest absolute Gasteiger partial charge is 0.492 e. The molecule has 0 aliphatic carbocycles. The third-order valence-electron chi connectivity index (χ3n) is 3.81. The first kappa shape index (κ1) is 19.1. The zero-order valence-corrected chi connectivity index (χ0v) is 16.5. The van der Waals surface area contributed by atoms with Crippen LogP contribution >= 0.6 is 15.9 Å². The Labute approximate surface area is 153 Å². The molecule has 1 aliphatic rings. The van der Waals surface area contributed by atoms with Crippen molar-refractivity contribution in [2.24, 2.45) is 0 Å². The molecule has 1 fully saturated rings. The zero-order chi connectivity index (χ0) is 17.7. The van der Waals surface area contributed by atoms with E-state index in [0.717, 1.165) is 29.9 Å². The van der Waals surface area contributed by atoms with Crippen molar-refractivity contribution in [1.29, 1.82) is 0 Å². The molecule has 1 aromatic rings. The fourth-order valence-corrected chi connectivity index (χ4v) is 3.06. The first-order valence-electron chi connectivity index (χ1n) is 8.35. The second-order valence-corrected chi connectivity index (χ2v) is 8.04. The quantitative estimate of drug-likeness (QED) is 0.773. The molecule has 0 radical (unpaired) electrons. The molecule has 0 N–H and O–H groups in total. The number of nitrogens with zero attached hydrogens (tertiary/aromatic N) is 2. The molecule has 5 nitrogen and oxygen atoms in total. The maximum Gasteiger partial charge on any atom is 0.410 e. The predicted octanol–water partition coefficient (Wildman–Crippen LogP) is 3.77. The van der Waals surface area contributed by atoms with Gasteiger partial charge in [-0.05, 0) is 45.9 Å². The van der Waals surface area contributed by atoms with Crippen LogP contribution in [-0.4, -0.2) is 60.3 Å². The van der Waals surface area contributed by atoms with Crippen molar-refractivity contribution in [3.05, 3.63) is 28.7 Å². The molecule has 0 saturated carbocycles. The Bertz CT molecular complexity index is 559. The van der Waals surface area contributed by atoms with Gasteiger partial charge < -0.3 is 14.4 Å². The lowest BCUT2D eigenvalue weighted by molar-refractivity contribution is 0.000361. The number of hydrogen-bond donors (Lipinski definition) is 0. The maximum atomic E-state index is 12.2. The molecule has 1 aliphatic heterocycles. The Hall–Kier alpha value is -1.27. The molecule has 6 heteroatoms. The third-order valence-corrected chi connectivity index (χ3v) is 4.31. The molecular formula is C18H27BrN2O3. The Kier molecular flexibility index (Phi) is 6.52. The van der Waals surface area contributed by atoms with Crippen molar-refractivity contribution in [2.45, 2.75) is 39.3 Å². The van der Waals surface area contributed by atoms with Gasteiger partial charge in [-0.1, -0.05) is 22.0 Å². The summed E-state index contributed by atoms with van der Waals surface area (Å²) in [4.78, 5) is 16.4. The number of benzene rings is 1. The average Bonchev–Trinajstić information content (AvgIpc) is 2.45. The van der Waals surface area contributed by atoms with Crippen molar-refractivity contribution in [2.75, 3.05) is 32.8 Å². The number of carbonyl (C=O) groups excluding carboxylic acids is 1. The summed E-state index contributed by atoms with van der Waals surface area (Å²) in [6.45, 7) is 11.6. The molecule has 134 valence electrons. The minimum Gasteiger partial charge on any atom is -0.492 e. The minimum atomic E-state index is -0.453. The molecule has 1 aromatic carbocycles. The first-order chi connectivity index (χ1) is 11.2. The zero-order valence-electron chi connectivity index (χ0n) is 14.9. The molecule has 1 atom stereocenters. The fraction of sp³-hybridized carbons (Fsp3) is 0.611. The molecule has 0 bridgehead atoms. The smallest absolute Gasteiger partial charge is 0.410 e. The van der Waals surface area contributed by atoms with Gasteiger partial charge in [-0.2, -0.15) is 0 Å². The van der Waals surface area contributed by atoms with Gasteiger partial charge in [0.15, 0.2) is 0 Å². The number of ether oxygens (including phenoxy) is 2. The van der Waals surface area contributed by atoms with Crippen LogP contribution in [0.5, 0.6) is 5.75 Å². The summed E-state index contributed by atoms with van der Waals surface area (Å²) in [5.74, 6) is 0.866. The molecule has 0 aromatic heterocycles. The van der Waals surface area contributed by atoms with Crippen LogP contribution in [0.2, 0.25) is 0 Å². The van der Waals surface area contributed by atoms with Gasteiger partial charge in [0.25, 0.3) is 0 Å². The van der Waals surface area contributed by atoms with Gasteiger partial charge in [-0.3, -0.25) is 4.90 Å². The second-order valence-electron chi connectivity index (χ2n) is 7.13. The highest BCUT2D eigenvalue weighted by Gasteiger charge is 2.30. The molecule has 1 heterocycles. The minimum absolute atomic E-state index is 0.138. The highest BCUT2D eigenvalue weighted by molar-refractivity contribution is 9.10. The Morgan fingerprint density at radius 3 is 2.71 bits per heavy atom. The van der Waals surface area contributed by atoms with Gasteiger partial charge in [0, 0.05) is 36.7 Å². The van der Waals surface area contributed by atoms with Crippen LogP contribution in [0.1, 0.15) is 27.7 Å². The van der Waals surface area contributed by atoms with E-state index in [1.54, 1.807) is 0 Å². The van der Waals surface area contributed by atoms with Crippen LogP contribution in [0, 0.1) is 0 Å². The highest BCUT2D eigenvalue weighted by atomic mass is 79.9. The summed E-state index contributed by atoms with van der Waals surface area (Å²) in [5, 5.41) is 0. The summed E-state index contributed by atoms with van der Waals surface area (Å²) in [7, 11) is 0. The number of hydrogen-bond acceptors (Lipinski definition) is 4. The summed E-state index contributed by atoms with van der Waals surface area (Å²) in [5.41, 5.74) is -0.453. The molecule has 24 heavy (non-hydrogen) atoms. The van der Waals surface area contributed by atoms with Crippen molar-refractivity contribution in [1.82, 2.24) is 9.80 Å². The lowest BCUT2D eigenvalue weighted by Crippen LogP contribution is -2.55. The van der Waals surface area contributed by atoms with E-state index < -0.39 is 5.60 Å². The van der Waals surface area contributed by atoms with Crippen LogP contribution in [0.15, 0.2) is 28.7 Å². The van der Waals surface area contributed by atoms with E-state index in [9.17, 15) is 4.79 Å². The van der Waals surface area contributed by atoms with E-state index in [1.807, 2.05) is 49.9 Å². The summed E-state index contributed by atoms with van der Waals surface area (Å²) >= 11 is 3.44. The fourth-order valence-electron chi connectivity index (χ4n) is 2.68. The van der Waals surface area contributed by atoms with E-state index in [0.29, 0.717) is 13.2 Å². The van der Waals surface area contributed by atoms with Crippen LogP contribution in [0.3, 0.4) is 0 Å². The van der Waals surface area contributed by atoms with Gasteiger partial charge in [0.2, 0.25) is 0 Å². The van der Waals surface area contributed by atoms with Crippen molar-refractivity contribution in [3.8, 4) is 5.75 Å². The topological polar surface area (TPSA) is 42.0 Å². The third kappa shape index (κ3) is 5.98.